The smallest absolute Gasteiger partial charge is 0.0926 e. The molecule has 0 radical (unpaired) electrons. The van der Waals surface area contributed by atoms with Gasteiger partial charge in [-0.05, 0) is 24.7 Å². The molecule has 1 aliphatic heterocycles. The number of hydrogen-bond donors (Lipinski definition) is 2. The summed E-state index contributed by atoms with van der Waals surface area (Å²) in [5, 5.41) is 3.76. The summed E-state index contributed by atoms with van der Waals surface area (Å²) in [6.45, 7) is 1.12. The van der Waals surface area contributed by atoms with Crippen LogP contribution >= 0.6 is 0 Å². The molecule has 0 saturated heterocycles. The Bertz CT molecular complexity index is 397. The van der Waals surface area contributed by atoms with E-state index in [2.05, 4.69) is 15.3 Å². The van der Waals surface area contributed by atoms with Crippen LogP contribution in [-0.2, 0) is 12.0 Å². The lowest BCUT2D eigenvalue weighted by Crippen LogP contribution is -2.61. The molecule has 2 fully saturated rings. The number of fused-ring (bicyclic) bond motifs is 4. The van der Waals surface area contributed by atoms with Gasteiger partial charge in [-0.25, -0.2) is 4.98 Å². The summed E-state index contributed by atoms with van der Waals surface area (Å²) >= 11 is 0. The van der Waals surface area contributed by atoms with Gasteiger partial charge in [0.15, 0.2) is 0 Å². The second-order valence-electron chi connectivity index (χ2n) is 5.38. The van der Waals surface area contributed by atoms with Gasteiger partial charge in [-0.2, -0.15) is 0 Å². The maximum Gasteiger partial charge on any atom is 0.0926 e. The van der Waals surface area contributed by atoms with Crippen molar-refractivity contribution in [1.82, 2.24) is 15.3 Å². The van der Waals surface area contributed by atoms with Crippen molar-refractivity contribution in [3.05, 3.63) is 17.7 Å². The molecule has 2 N–H and O–H groups in total. The van der Waals surface area contributed by atoms with E-state index in [0.29, 0.717) is 0 Å². The molecule has 1 aromatic heterocycles. The van der Waals surface area contributed by atoms with Crippen LogP contribution in [0.5, 0.6) is 0 Å². The van der Waals surface area contributed by atoms with E-state index in [1.807, 2.05) is 6.33 Å². The highest BCUT2D eigenvalue weighted by Gasteiger charge is 2.58. The molecule has 0 aromatic carbocycles. The van der Waals surface area contributed by atoms with Gasteiger partial charge in [0.05, 0.1) is 17.6 Å². The van der Waals surface area contributed by atoms with Crippen molar-refractivity contribution < 1.29 is 0 Å². The van der Waals surface area contributed by atoms with Gasteiger partial charge in [0.25, 0.3) is 0 Å². The van der Waals surface area contributed by atoms with Crippen molar-refractivity contribution in [2.45, 2.75) is 37.6 Å². The maximum absolute atomic E-state index is 4.57. The van der Waals surface area contributed by atoms with Gasteiger partial charge < -0.3 is 10.3 Å². The first-order valence-corrected chi connectivity index (χ1v) is 6.18. The van der Waals surface area contributed by atoms with E-state index in [1.165, 1.54) is 37.1 Å². The van der Waals surface area contributed by atoms with E-state index in [1.54, 1.807) is 0 Å². The van der Waals surface area contributed by atoms with Gasteiger partial charge in [0.1, 0.15) is 0 Å². The summed E-state index contributed by atoms with van der Waals surface area (Å²) < 4.78 is 0. The molecule has 0 amide bonds. The van der Waals surface area contributed by atoms with Crippen LogP contribution in [0.25, 0.3) is 0 Å². The molecule has 2 aliphatic carbocycles. The first-order chi connectivity index (χ1) is 7.40. The Morgan fingerprint density at radius 2 is 2.40 bits per heavy atom. The molecular weight excluding hydrogens is 186 g/mol. The zero-order valence-corrected chi connectivity index (χ0v) is 8.92. The fraction of sp³-hybridized carbons (Fsp3) is 0.750. The number of rotatable bonds is 0. The van der Waals surface area contributed by atoms with Crippen LogP contribution in [0, 0.1) is 11.8 Å². The highest BCUT2D eigenvalue weighted by atomic mass is 15.1. The minimum Gasteiger partial charge on any atom is -0.348 e. The molecule has 3 atom stereocenters. The first kappa shape index (κ1) is 8.34. The van der Waals surface area contributed by atoms with Crippen molar-refractivity contribution in [3.8, 4) is 0 Å². The summed E-state index contributed by atoms with van der Waals surface area (Å²) in [5.74, 6) is 1.86. The fourth-order valence-corrected chi connectivity index (χ4v) is 4.20. The van der Waals surface area contributed by atoms with Crippen molar-refractivity contribution in [2.24, 2.45) is 11.8 Å². The maximum atomic E-state index is 4.57. The Morgan fingerprint density at radius 3 is 3.33 bits per heavy atom. The summed E-state index contributed by atoms with van der Waals surface area (Å²) in [5.41, 5.74) is 3.00. The summed E-state index contributed by atoms with van der Waals surface area (Å²) in [6.07, 6.45) is 8.61. The molecule has 2 heterocycles. The molecule has 2 saturated carbocycles. The van der Waals surface area contributed by atoms with Gasteiger partial charge in [-0.1, -0.05) is 12.8 Å². The second kappa shape index (κ2) is 2.64. The molecule has 4 rings (SSSR count). The Labute approximate surface area is 89.7 Å². The van der Waals surface area contributed by atoms with E-state index in [-0.39, 0.29) is 5.54 Å². The van der Waals surface area contributed by atoms with E-state index < -0.39 is 0 Å². The summed E-state index contributed by atoms with van der Waals surface area (Å²) in [7, 11) is 0. The Morgan fingerprint density at radius 1 is 1.40 bits per heavy atom. The van der Waals surface area contributed by atoms with Crippen LogP contribution in [0.1, 0.15) is 37.1 Å². The van der Waals surface area contributed by atoms with E-state index >= 15 is 0 Å². The molecule has 80 valence electrons. The van der Waals surface area contributed by atoms with Gasteiger partial charge in [0.2, 0.25) is 0 Å². The highest BCUT2D eigenvalue weighted by molar-refractivity contribution is 5.31. The summed E-state index contributed by atoms with van der Waals surface area (Å²) in [4.78, 5) is 7.88. The molecule has 3 heteroatoms. The lowest BCUT2D eigenvalue weighted by atomic mass is 9.58. The van der Waals surface area contributed by atoms with Gasteiger partial charge in [0, 0.05) is 18.7 Å². The van der Waals surface area contributed by atoms with Crippen molar-refractivity contribution >= 4 is 0 Å². The van der Waals surface area contributed by atoms with Gasteiger partial charge >= 0.3 is 0 Å². The Balaban J connectivity index is 1.80. The van der Waals surface area contributed by atoms with Crippen molar-refractivity contribution in [2.75, 3.05) is 6.54 Å². The predicted molar refractivity (Wildman–Crippen MR) is 57.4 cm³/mol. The van der Waals surface area contributed by atoms with Crippen LogP contribution in [0.15, 0.2) is 6.33 Å². The van der Waals surface area contributed by atoms with Crippen molar-refractivity contribution in [1.29, 1.82) is 0 Å². The van der Waals surface area contributed by atoms with Crippen LogP contribution < -0.4 is 5.32 Å². The van der Waals surface area contributed by atoms with E-state index in [4.69, 9.17) is 0 Å². The molecule has 3 aliphatic rings. The number of hydrogen-bond acceptors (Lipinski definition) is 2. The van der Waals surface area contributed by atoms with Gasteiger partial charge in [-0.15, -0.1) is 0 Å². The third kappa shape index (κ3) is 0.882. The standard InChI is InChI=1S/C12H17N3/c1-2-8-6-12(9(8)3-1)11-10(4-5-15-12)13-7-14-11/h7-9,15H,1-6H2,(H,13,14)/t8-,9-,12?/m0/s1. The third-order valence-electron chi connectivity index (χ3n) is 4.83. The highest BCUT2D eigenvalue weighted by Crippen LogP contribution is 2.59. The number of imidazole rings is 1. The Kier molecular flexibility index (Phi) is 1.47. The topological polar surface area (TPSA) is 40.7 Å². The monoisotopic (exact) mass is 203 g/mol. The normalized spacial score (nSPS) is 42.4. The van der Waals surface area contributed by atoms with E-state index in [9.17, 15) is 0 Å². The molecule has 15 heavy (non-hydrogen) atoms. The van der Waals surface area contributed by atoms with Gasteiger partial charge in [-0.3, -0.25) is 0 Å². The zero-order chi connectivity index (χ0) is 9.88. The number of nitrogens with one attached hydrogen (secondary N) is 2. The number of aromatic amines is 1. The molecule has 0 bridgehead atoms. The molecule has 1 spiro atoms. The molecule has 3 nitrogen and oxygen atoms in total. The molecular formula is C12H17N3. The fourth-order valence-electron chi connectivity index (χ4n) is 4.20. The average molecular weight is 203 g/mol. The molecule has 1 unspecified atom stereocenters. The number of nitrogens with zero attached hydrogens (tertiary/aromatic N) is 1. The van der Waals surface area contributed by atoms with Crippen LogP contribution in [0.3, 0.4) is 0 Å². The summed E-state index contributed by atoms with van der Waals surface area (Å²) in [6, 6.07) is 0. The van der Waals surface area contributed by atoms with Crippen LogP contribution in [-0.4, -0.2) is 16.5 Å². The largest absolute Gasteiger partial charge is 0.348 e. The first-order valence-electron chi connectivity index (χ1n) is 6.18. The quantitative estimate of drug-likeness (QED) is 0.672. The SMILES string of the molecule is c1nc2c([nH]1)CCNC21C[C@@H]2CCC[C@@H]21. The van der Waals surface area contributed by atoms with Crippen LogP contribution in [0.4, 0.5) is 0 Å². The van der Waals surface area contributed by atoms with Crippen LogP contribution in [0.2, 0.25) is 0 Å². The second-order valence-corrected chi connectivity index (χ2v) is 5.38. The predicted octanol–water partition coefficient (Wildman–Crippen LogP) is 1.57. The van der Waals surface area contributed by atoms with Crippen molar-refractivity contribution in [3.63, 3.8) is 0 Å². The Hall–Kier alpha value is -0.830. The zero-order valence-electron chi connectivity index (χ0n) is 8.92. The number of aromatic nitrogens is 2. The lowest BCUT2D eigenvalue weighted by Gasteiger charge is -2.54. The van der Waals surface area contributed by atoms with E-state index in [0.717, 1.165) is 24.8 Å². The third-order valence-corrected chi connectivity index (χ3v) is 4.83. The number of H-pyrrole nitrogens is 1. The molecule has 1 aromatic rings. The minimum absolute atomic E-state index is 0.273. The average Bonchev–Trinajstić information content (AvgIpc) is 2.82. The minimum atomic E-state index is 0.273. The lowest BCUT2D eigenvalue weighted by molar-refractivity contribution is 0.0157.